The lowest BCUT2D eigenvalue weighted by molar-refractivity contribution is 0.229. The van der Waals surface area contributed by atoms with E-state index in [1.54, 1.807) is 0 Å². The summed E-state index contributed by atoms with van der Waals surface area (Å²) in [6.07, 6.45) is 15.8. The fourth-order valence-corrected chi connectivity index (χ4v) is 4.02. The molecule has 0 amide bonds. The summed E-state index contributed by atoms with van der Waals surface area (Å²) in [6.45, 7) is 2.28. The molecule has 0 aromatic carbocycles. The number of nitrogens with one attached hydrogen (secondary N) is 1. The van der Waals surface area contributed by atoms with Crippen molar-refractivity contribution >= 4 is 11.0 Å². The van der Waals surface area contributed by atoms with Crippen molar-refractivity contribution in [1.29, 1.82) is 0 Å². The Morgan fingerprint density at radius 2 is 2.13 bits per heavy atom. The second kappa shape index (κ2) is 6.14. The van der Waals surface area contributed by atoms with E-state index in [4.69, 9.17) is 0 Å². The molecule has 23 heavy (non-hydrogen) atoms. The molecule has 1 aliphatic carbocycles. The number of hydrogen-bond donors (Lipinski definition) is 1. The molecule has 0 aliphatic heterocycles. The maximum Gasteiger partial charge on any atom is 0.160 e. The molecule has 1 saturated carbocycles. The molecule has 1 unspecified atom stereocenters. The van der Waals surface area contributed by atoms with Crippen LogP contribution in [-0.4, -0.2) is 25.0 Å². The van der Waals surface area contributed by atoms with Gasteiger partial charge in [-0.2, -0.15) is 10.2 Å². The van der Waals surface area contributed by atoms with Crippen LogP contribution >= 0.6 is 0 Å². The van der Waals surface area contributed by atoms with Gasteiger partial charge in [-0.25, -0.2) is 0 Å². The lowest BCUT2D eigenvalue weighted by Crippen LogP contribution is -2.21. The molecule has 0 saturated heterocycles. The number of fused-ring (bicyclic) bond motifs is 1. The van der Waals surface area contributed by atoms with Crippen LogP contribution in [0.5, 0.6) is 0 Å². The van der Waals surface area contributed by atoms with Gasteiger partial charge in [0.15, 0.2) is 5.65 Å². The predicted molar refractivity (Wildman–Crippen MR) is 91.0 cm³/mol. The second-order valence-electron chi connectivity index (χ2n) is 6.58. The first-order valence-corrected chi connectivity index (χ1v) is 8.70. The first kappa shape index (κ1) is 14.4. The van der Waals surface area contributed by atoms with Crippen molar-refractivity contribution in [2.45, 2.75) is 51.5 Å². The molecule has 4 rings (SSSR count). The van der Waals surface area contributed by atoms with E-state index in [-0.39, 0.29) is 0 Å². The van der Waals surface area contributed by atoms with Crippen molar-refractivity contribution in [2.75, 3.05) is 0 Å². The van der Waals surface area contributed by atoms with E-state index >= 15 is 0 Å². The van der Waals surface area contributed by atoms with Crippen LogP contribution in [0.3, 0.4) is 0 Å². The minimum absolute atomic E-state index is 0.514. The Morgan fingerprint density at radius 1 is 1.26 bits per heavy atom. The Labute approximate surface area is 136 Å². The highest BCUT2D eigenvalue weighted by molar-refractivity contribution is 5.91. The Bertz CT molecular complexity index is 781. The smallest absolute Gasteiger partial charge is 0.160 e. The number of hydrogen-bond acceptors (Lipinski definition) is 3. The SMILES string of the molecule is CCC(C1CCCCC1)n1cc(-c2cnnc3[nH]ccc23)cn1. The van der Waals surface area contributed by atoms with E-state index < -0.39 is 0 Å². The molecule has 0 bridgehead atoms. The summed E-state index contributed by atoms with van der Waals surface area (Å²) in [6, 6.07) is 2.57. The van der Waals surface area contributed by atoms with E-state index in [0.717, 1.165) is 34.5 Å². The average Bonchev–Trinajstić information content (AvgIpc) is 3.25. The van der Waals surface area contributed by atoms with Crippen LogP contribution < -0.4 is 0 Å². The molecule has 1 N–H and O–H groups in total. The van der Waals surface area contributed by atoms with Crippen LogP contribution in [0.4, 0.5) is 0 Å². The topological polar surface area (TPSA) is 59.4 Å². The van der Waals surface area contributed by atoms with Gasteiger partial charge >= 0.3 is 0 Å². The van der Waals surface area contributed by atoms with Crippen molar-refractivity contribution in [3.8, 4) is 11.1 Å². The van der Waals surface area contributed by atoms with Gasteiger partial charge in [0.25, 0.3) is 0 Å². The summed E-state index contributed by atoms with van der Waals surface area (Å²) < 4.78 is 2.18. The van der Waals surface area contributed by atoms with Crippen molar-refractivity contribution < 1.29 is 0 Å². The van der Waals surface area contributed by atoms with E-state index in [2.05, 4.69) is 44.1 Å². The second-order valence-corrected chi connectivity index (χ2v) is 6.58. The predicted octanol–water partition coefficient (Wildman–Crippen LogP) is 4.35. The first-order chi connectivity index (χ1) is 11.4. The molecule has 1 atom stereocenters. The Morgan fingerprint density at radius 3 is 2.96 bits per heavy atom. The molecule has 5 heteroatoms. The van der Waals surface area contributed by atoms with Crippen LogP contribution in [0.2, 0.25) is 0 Å². The highest BCUT2D eigenvalue weighted by Crippen LogP contribution is 2.35. The van der Waals surface area contributed by atoms with Gasteiger partial charge in [0.05, 0.1) is 18.4 Å². The number of nitrogens with zero attached hydrogens (tertiary/aromatic N) is 4. The van der Waals surface area contributed by atoms with E-state index in [1.165, 1.54) is 32.1 Å². The quantitative estimate of drug-likeness (QED) is 0.779. The van der Waals surface area contributed by atoms with Gasteiger partial charge in [-0.15, -0.1) is 5.10 Å². The number of H-pyrrole nitrogens is 1. The third-order valence-electron chi connectivity index (χ3n) is 5.22. The average molecular weight is 309 g/mol. The summed E-state index contributed by atoms with van der Waals surface area (Å²) in [5.74, 6) is 0.768. The molecule has 1 fully saturated rings. The van der Waals surface area contributed by atoms with Crippen molar-refractivity contribution in [1.82, 2.24) is 25.0 Å². The number of rotatable bonds is 4. The molecular weight excluding hydrogens is 286 g/mol. The standard InChI is InChI=1S/C18H23N5/c1-2-17(13-6-4-3-5-7-13)23-12-14(10-21-23)16-11-20-22-18-15(16)8-9-19-18/h8-13,17H,2-7H2,1H3,(H,19,22). The van der Waals surface area contributed by atoms with Crippen LogP contribution in [0.15, 0.2) is 30.9 Å². The zero-order valence-corrected chi connectivity index (χ0v) is 13.6. The maximum atomic E-state index is 4.69. The zero-order valence-electron chi connectivity index (χ0n) is 13.6. The lowest BCUT2D eigenvalue weighted by atomic mass is 9.83. The highest BCUT2D eigenvalue weighted by atomic mass is 15.3. The third-order valence-corrected chi connectivity index (χ3v) is 5.22. The van der Waals surface area contributed by atoms with Crippen LogP contribution in [-0.2, 0) is 0 Å². The number of aromatic amines is 1. The van der Waals surface area contributed by atoms with Gasteiger partial charge in [-0.05, 0) is 31.2 Å². The maximum absolute atomic E-state index is 4.69. The molecule has 1 aliphatic rings. The van der Waals surface area contributed by atoms with Crippen LogP contribution in [0.25, 0.3) is 22.2 Å². The molecule has 3 aromatic heterocycles. The summed E-state index contributed by atoms with van der Waals surface area (Å²) in [4.78, 5) is 3.12. The van der Waals surface area contributed by atoms with Crippen LogP contribution in [0.1, 0.15) is 51.5 Å². The molecule has 5 nitrogen and oxygen atoms in total. The summed E-state index contributed by atoms with van der Waals surface area (Å²) >= 11 is 0. The molecule has 3 heterocycles. The molecule has 120 valence electrons. The Kier molecular flexibility index (Phi) is 3.85. The lowest BCUT2D eigenvalue weighted by Gasteiger charge is -2.29. The largest absolute Gasteiger partial charge is 0.345 e. The summed E-state index contributed by atoms with van der Waals surface area (Å²) in [5, 5.41) is 14.0. The van der Waals surface area contributed by atoms with Gasteiger partial charge in [0, 0.05) is 28.9 Å². The minimum Gasteiger partial charge on any atom is -0.345 e. The van der Waals surface area contributed by atoms with E-state index in [0.29, 0.717) is 6.04 Å². The first-order valence-electron chi connectivity index (χ1n) is 8.70. The molecule has 0 spiro atoms. The fourth-order valence-electron chi connectivity index (χ4n) is 4.02. The van der Waals surface area contributed by atoms with Gasteiger partial charge in [0.2, 0.25) is 0 Å². The Balaban J connectivity index is 1.66. The monoisotopic (exact) mass is 309 g/mol. The summed E-state index contributed by atoms with van der Waals surface area (Å²) in [7, 11) is 0. The van der Waals surface area contributed by atoms with Crippen molar-refractivity contribution in [3.63, 3.8) is 0 Å². The molecule has 3 aromatic rings. The van der Waals surface area contributed by atoms with E-state index in [1.807, 2.05) is 18.6 Å². The van der Waals surface area contributed by atoms with Gasteiger partial charge in [-0.1, -0.05) is 26.2 Å². The van der Waals surface area contributed by atoms with Crippen molar-refractivity contribution in [3.05, 3.63) is 30.9 Å². The minimum atomic E-state index is 0.514. The molecular formula is C18H23N5. The van der Waals surface area contributed by atoms with Gasteiger partial charge in [0.1, 0.15) is 0 Å². The fraction of sp³-hybridized carbons (Fsp3) is 0.500. The van der Waals surface area contributed by atoms with Gasteiger partial charge in [-0.3, -0.25) is 4.68 Å². The molecule has 0 radical (unpaired) electrons. The van der Waals surface area contributed by atoms with Crippen LogP contribution in [0, 0.1) is 5.92 Å². The third kappa shape index (κ3) is 2.64. The summed E-state index contributed by atoms with van der Waals surface area (Å²) in [5.41, 5.74) is 3.05. The normalized spacial score (nSPS) is 17.6. The van der Waals surface area contributed by atoms with Crippen molar-refractivity contribution in [2.24, 2.45) is 5.92 Å². The van der Waals surface area contributed by atoms with Gasteiger partial charge < -0.3 is 4.98 Å². The Hall–Kier alpha value is -2.17. The highest BCUT2D eigenvalue weighted by Gasteiger charge is 2.24. The zero-order chi connectivity index (χ0) is 15.6. The number of aromatic nitrogens is 5. The van der Waals surface area contributed by atoms with E-state index in [9.17, 15) is 0 Å².